The van der Waals surface area contributed by atoms with Crippen molar-refractivity contribution in [1.29, 1.82) is 0 Å². The zero-order valence-electron chi connectivity index (χ0n) is 12.4. The van der Waals surface area contributed by atoms with E-state index in [1.165, 1.54) is 23.5 Å². The van der Waals surface area contributed by atoms with E-state index in [-0.39, 0.29) is 29.2 Å². The minimum Gasteiger partial charge on any atom is -0.454 e. The van der Waals surface area contributed by atoms with Gasteiger partial charge in [0.2, 0.25) is 0 Å². The molecule has 0 amide bonds. The number of aromatic nitrogens is 2. The number of H-pyrrole nitrogens is 1. The number of carbonyl (C=O) groups excluding carboxylic acids is 1. The highest BCUT2D eigenvalue weighted by Gasteiger charge is 2.23. The number of para-hydroxylation sites is 1. The number of nitro groups is 1. The molecule has 0 bridgehead atoms. The van der Waals surface area contributed by atoms with E-state index in [4.69, 9.17) is 4.74 Å². The molecule has 0 unspecified atom stereocenters. The van der Waals surface area contributed by atoms with Gasteiger partial charge in [-0.2, -0.15) is 0 Å². The van der Waals surface area contributed by atoms with Crippen LogP contribution in [-0.4, -0.2) is 20.9 Å². The minimum atomic E-state index is -0.849. The van der Waals surface area contributed by atoms with Crippen LogP contribution in [0.4, 0.5) is 5.69 Å². The molecule has 9 heteroatoms. The number of benzene rings is 1. The zero-order valence-corrected chi connectivity index (χ0v) is 13.3. The number of hydrogen-bond acceptors (Lipinski definition) is 7. The van der Waals surface area contributed by atoms with Crippen molar-refractivity contribution < 1.29 is 14.5 Å². The van der Waals surface area contributed by atoms with Crippen molar-refractivity contribution in [3.8, 4) is 0 Å². The van der Waals surface area contributed by atoms with Crippen molar-refractivity contribution in [3.63, 3.8) is 0 Å². The monoisotopic (exact) mass is 345 g/mol. The Labute approximate surface area is 138 Å². The molecular formula is C15H11N3O5S. The van der Waals surface area contributed by atoms with E-state index >= 15 is 0 Å². The lowest BCUT2D eigenvalue weighted by Crippen LogP contribution is -2.14. The van der Waals surface area contributed by atoms with Gasteiger partial charge < -0.3 is 9.72 Å². The molecule has 0 aliphatic carbocycles. The van der Waals surface area contributed by atoms with Crippen LogP contribution in [0.3, 0.4) is 0 Å². The molecule has 0 radical (unpaired) electrons. The predicted octanol–water partition coefficient (Wildman–Crippen LogP) is 2.56. The summed E-state index contributed by atoms with van der Waals surface area (Å²) in [4.78, 5) is 41.2. The molecule has 0 spiro atoms. The summed E-state index contributed by atoms with van der Waals surface area (Å²) in [7, 11) is 0. The van der Waals surface area contributed by atoms with Crippen LogP contribution in [0.1, 0.15) is 21.7 Å². The molecule has 0 fully saturated rings. The third kappa shape index (κ3) is 2.88. The summed E-state index contributed by atoms with van der Waals surface area (Å²) in [6, 6.07) is 6.09. The smallest absolute Gasteiger partial charge is 0.345 e. The van der Waals surface area contributed by atoms with Crippen LogP contribution in [0.2, 0.25) is 0 Å². The number of thiophene rings is 1. The molecule has 8 nitrogen and oxygen atoms in total. The summed E-state index contributed by atoms with van der Waals surface area (Å²) in [5.74, 6) is -0.673. The Kier molecular flexibility index (Phi) is 4.09. The van der Waals surface area contributed by atoms with E-state index in [0.717, 1.165) is 0 Å². The van der Waals surface area contributed by atoms with E-state index < -0.39 is 10.9 Å². The Bertz CT molecular complexity index is 1010. The van der Waals surface area contributed by atoms with E-state index in [0.29, 0.717) is 15.8 Å². The maximum absolute atomic E-state index is 12.1. The fraction of sp³-hybridized carbons (Fsp3) is 0.133. The number of aryl methyl sites for hydroxylation is 1. The van der Waals surface area contributed by atoms with Gasteiger partial charge in [0.05, 0.1) is 10.4 Å². The molecule has 0 atom stereocenters. The quantitative estimate of drug-likeness (QED) is 0.441. The largest absolute Gasteiger partial charge is 0.454 e. The van der Waals surface area contributed by atoms with Crippen molar-refractivity contribution >= 4 is 33.2 Å². The van der Waals surface area contributed by atoms with Crippen LogP contribution in [0.25, 0.3) is 10.2 Å². The van der Waals surface area contributed by atoms with Gasteiger partial charge in [-0.3, -0.25) is 14.9 Å². The van der Waals surface area contributed by atoms with Crippen LogP contribution in [0, 0.1) is 17.0 Å². The molecule has 3 rings (SSSR count). The number of ether oxygens (including phenoxy) is 1. The van der Waals surface area contributed by atoms with Crippen molar-refractivity contribution in [2.45, 2.75) is 13.5 Å². The SMILES string of the molecule is Cc1cccc(C(=O)OCc2nc3ccsc3c(=O)[nH]2)c1[N+](=O)[O-]. The lowest BCUT2D eigenvalue weighted by molar-refractivity contribution is -0.385. The molecule has 2 aromatic heterocycles. The maximum Gasteiger partial charge on any atom is 0.345 e. The number of nitro benzene ring substituents is 1. The number of carbonyl (C=O) groups is 1. The van der Waals surface area contributed by atoms with E-state index in [2.05, 4.69) is 9.97 Å². The summed E-state index contributed by atoms with van der Waals surface area (Å²) in [6.45, 7) is 1.25. The fourth-order valence-corrected chi connectivity index (χ4v) is 2.99. The van der Waals surface area contributed by atoms with E-state index in [1.807, 2.05) is 0 Å². The maximum atomic E-state index is 12.1. The second-order valence-corrected chi connectivity index (χ2v) is 5.87. The summed E-state index contributed by atoms with van der Waals surface area (Å²) in [6.07, 6.45) is 0. The molecule has 0 saturated carbocycles. The highest BCUT2D eigenvalue weighted by Crippen LogP contribution is 2.24. The van der Waals surface area contributed by atoms with Crippen molar-refractivity contribution in [1.82, 2.24) is 9.97 Å². The van der Waals surface area contributed by atoms with Gasteiger partial charge in [0.15, 0.2) is 0 Å². The van der Waals surface area contributed by atoms with Gasteiger partial charge in [0.1, 0.15) is 22.7 Å². The standard InChI is InChI=1S/C15H11N3O5S/c1-8-3-2-4-9(12(8)18(21)22)15(20)23-7-11-16-10-5-6-24-13(10)14(19)17-11/h2-6H,7H2,1H3,(H,16,17,19). The van der Waals surface area contributed by atoms with Crippen LogP contribution >= 0.6 is 11.3 Å². The first-order valence-corrected chi connectivity index (χ1v) is 7.73. The van der Waals surface area contributed by atoms with E-state index in [9.17, 15) is 19.7 Å². The van der Waals surface area contributed by atoms with Crippen LogP contribution < -0.4 is 5.56 Å². The number of rotatable bonds is 4. The molecule has 2 heterocycles. The van der Waals surface area contributed by atoms with Crippen LogP contribution in [-0.2, 0) is 11.3 Å². The second kappa shape index (κ2) is 6.20. The molecular weight excluding hydrogens is 334 g/mol. The fourth-order valence-electron chi connectivity index (χ4n) is 2.27. The summed E-state index contributed by atoms with van der Waals surface area (Å²) < 4.78 is 5.55. The number of nitrogens with zero attached hydrogens (tertiary/aromatic N) is 2. The summed E-state index contributed by atoms with van der Waals surface area (Å²) in [5, 5.41) is 12.9. The molecule has 0 aliphatic heterocycles. The summed E-state index contributed by atoms with van der Waals surface area (Å²) >= 11 is 1.26. The third-order valence-electron chi connectivity index (χ3n) is 3.34. The Morgan fingerprint density at radius 2 is 2.21 bits per heavy atom. The molecule has 1 N–H and O–H groups in total. The molecule has 24 heavy (non-hydrogen) atoms. The van der Waals surface area contributed by atoms with Crippen molar-refractivity contribution in [3.05, 3.63) is 67.1 Å². The Morgan fingerprint density at radius 3 is 2.96 bits per heavy atom. The average Bonchev–Trinajstić information content (AvgIpc) is 3.01. The molecule has 1 aromatic carbocycles. The van der Waals surface area contributed by atoms with Gasteiger partial charge in [0.25, 0.3) is 11.2 Å². The normalized spacial score (nSPS) is 10.7. The number of hydrogen-bond donors (Lipinski definition) is 1. The molecule has 122 valence electrons. The first-order chi connectivity index (χ1) is 11.5. The zero-order chi connectivity index (χ0) is 17.3. The summed E-state index contributed by atoms with van der Waals surface area (Å²) in [5.41, 5.74) is 0.121. The highest BCUT2D eigenvalue weighted by molar-refractivity contribution is 7.17. The van der Waals surface area contributed by atoms with Gasteiger partial charge in [-0.05, 0) is 24.4 Å². The Hall–Kier alpha value is -3.07. The van der Waals surface area contributed by atoms with Crippen LogP contribution in [0.5, 0.6) is 0 Å². The lowest BCUT2D eigenvalue weighted by atomic mass is 10.1. The average molecular weight is 345 g/mol. The molecule has 0 saturated heterocycles. The van der Waals surface area contributed by atoms with E-state index in [1.54, 1.807) is 24.4 Å². The first kappa shape index (κ1) is 15.8. The first-order valence-electron chi connectivity index (χ1n) is 6.85. The Balaban J connectivity index is 1.84. The predicted molar refractivity (Wildman–Crippen MR) is 87.2 cm³/mol. The number of esters is 1. The topological polar surface area (TPSA) is 115 Å². The molecule has 3 aromatic rings. The van der Waals surface area contributed by atoms with Gasteiger partial charge >= 0.3 is 5.97 Å². The van der Waals surface area contributed by atoms with Gasteiger partial charge in [-0.15, -0.1) is 11.3 Å². The number of aromatic amines is 1. The van der Waals surface area contributed by atoms with Crippen LogP contribution in [0.15, 0.2) is 34.4 Å². The van der Waals surface area contributed by atoms with Gasteiger partial charge in [-0.25, -0.2) is 9.78 Å². The van der Waals surface area contributed by atoms with Gasteiger partial charge in [0, 0.05) is 5.56 Å². The van der Waals surface area contributed by atoms with Crippen molar-refractivity contribution in [2.75, 3.05) is 0 Å². The second-order valence-electron chi connectivity index (χ2n) is 4.95. The number of nitrogens with one attached hydrogen (secondary N) is 1. The van der Waals surface area contributed by atoms with Crippen molar-refractivity contribution in [2.24, 2.45) is 0 Å². The Morgan fingerprint density at radius 1 is 1.42 bits per heavy atom. The minimum absolute atomic E-state index is 0.140. The number of fused-ring (bicyclic) bond motifs is 1. The lowest BCUT2D eigenvalue weighted by Gasteiger charge is -2.06. The highest BCUT2D eigenvalue weighted by atomic mass is 32.1. The molecule has 0 aliphatic rings. The third-order valence-corrected chi connectivity index (χ3v) is 4.25. The van der Waals surface area contributed by atoms with Gasteiger partial charge in [-0.1, -0.05) is 12.1 Å².